The van der Waals surface area contributed by atoms with Crippen LogP contribution in [0.3, 0.4) is 0 Å². The number of carbonyl (C=O) groups is 2. The first-order chi connectivity index (χ1) is 15.7. The number of rotatable bonds is 9. The van der Waals surface area contributed by atoms with E-state index >= 15 is 0 Å². The molecule has 8 nitrogen and oxygen atoms in total. The number of nitrogens with zero attached hydrogens (tertiary/aromatic N) is 1. The van der Waals surface area contributed by atoms with Gasteiger partial charge in [0.25, 0.3) is 0 Å². The number of benzene rings is 1. The molecule has 33 heavy (non-hydrogen) atoms. The number of amides is 2. The topological polar surface area (TPSA) is 105 Å². The molecule has 3 rings (SSSR count). The summed E-state index contributed by atoms with van der Waals surface area (Å²) in [6.07, 6.45) is 4.23. The molecule has 0 spiro atoms. The Kier molecular flexibility index (Phi) is 8.75. The van der Waals surface area contributed by atoms with E-state index in [-0.39, 0.29) is 17.9 Å². The van der Waals surface area contributed by atoms with Crippen molar-refractivity contribution in [2.45, 2.75) is 70.2 Å². The number of aryl methyl sites for hydroxylation is 2. The third-order valence-electron chi connectivity index (χ3n) is 6.41. The van der Waals surface area contributed by atoms with Crippen LogP contribution >= 0.6 is 0 Å². The molecule has 184 valence electrons. The van der Waals surface area contributed by atoms with Gasteiger partial charge in [0.2, 0.25) is 15.9 Å². The molecule has 1 heterocycles. The molecule has 2 aliphatic rings. The normalized spacial score (nSPS) is 18.1. The molecule has 1 fully saturated rings. The Morgan fingerprint density at radius 3 is 2.52 bits per heavy atom. The fourth-order valence-corrected chi connectivity index (χ4v) is 6.21. The summed E-state index contributed by atoms with van der Waals surface area (Å²) in [6, 6.07) is 5.26. The summed E-state index contributed by atoms with van der Waals surface area (Å²) in [4.78, 5) is 24.9. The van der Waals surface area contributed by atoms with E-state index in [1.165, 1.54) is 9.87 Å². The molecule has 1 saturated heterocycles. The predicted molar refractivity (Wildman–Crippen MR) is 126 cm³/mol. The molecule has 1 aliphatic carbocycles. The second-order valence-corrected chi connectivity index (χ2v) is 11.3. The number of piperidine rings is 1. The molecule has 2 N–H and O–H groups in total. The summed E-state index contributed by atoms with van der Waals surface area (Å²) in [6.45, 7) is 7.12. The van der Waals surface area contributed by atoms with Gasteiger partial charge in [-0.1, -0.05) is 19.9 Å². The third kappa shape index (κ3) is 6.69. The van der Waals surface area contributed by atoms with Crippen molar-refractivity contribution in [3.8, 4) is 0 Å². The smallest absolute Gasteiger partial charge is 0.407 e. The molecule has 1 unspecified atom stereocenters. The summed E-state index contributed by atoms with van der Waals surface area (Å²) in [5, 5.41) is 5.75. The molecule has 0 saturated carbocycles. The Morgan fingerprint density at radius 2 is 1.85 bits per heavy atom. The average Bonchev–Trinajstić information content (AvgIpc) is 3.25. The molecule has 2 amide bonds. The van der Waals surface area contributed by atoms with Gasteiger partial charge in [-0.05, 0) is 74.6 Å². The van der Waals surface area contributed by atoms with Gasteiger partial charge in [-0.15, -0.1) is 0 Å². The van der Waals surface area contributed by atoms with Crippen molar-refractivity contribution in [3.63, 3.8) is 0 Å². The van der Waals surface area contributed by atoms with Crippen molar-refractivity contribution in [2.75, 3.05) is 26.2 Å². The van der Waals surface area contributed by atoms with Gasteiger partial charge in [0.1, 0.15) is 0 Å². The van der Waals surface area contributed by atoms with E-state index in [4.69, 9.17) is 4.74 Å². The van der Waals surface area contributed by atoms with Gasteiger partial charge in [0.05, 0.1) is 11.5 Å². The number of hydrogen-bond donors (Lipinski definition) is 2. The molecule has 0 radical (unpaired) electrons. The van der Waals surface area contributed by atoms with Crippen LogP contribution < -0.4 is 10.6 Å². The number of alkyl carbamates (subject to hydrolysis) is 1. The zero-order valence-electron chi connectivity index (χ0n) is 19.9. The van der Waals surface area contributed by atoms with Crippen molar-refractivity contribution >= 4 is 22.0 Å². The molecule has 1 aromatic carbocycles. The maximum atomic E-state index is 13.1. The third-order valence-corrected chi connectivity index (χ3v) is 8.30. The van der Waals surface area contributed by atoms with Crippen LogP contribution in [0, 0.1) is 11.8 Å². The largest absolute Gasteiger partial charge is 0.450 e. The highest BCUT2D eigenvalue weighted by molar-refractivity contribution is 7.89. The second-order valence-electron chi connectivity index (χ2n) is 9.40. The lowest BCUT2D eigenvalue weighted by Gasteiger charge is -2.31. The van der Waals surface area contributed by atoms with E-state index < -0.39 is 16.1 Å². The highest BCUT2D eigenvalue weighted by Gasteiger charge is 2.33. The van der Waals surface area contributed by atoms with Crippen LogP contribution in [0.2, 0.25) is 0 Å². The lowest BCUT2D eigenvalue weighted by atomic mass is 9.97. The first-order valence-corrected chi connectivity index (χ1v) is 13.5. The molecular formula is C24H37N3O5S. The monoisotopic (exact) mass is 479 g/mol. The van der Waals surface area contributed by atoms with E-state index in [1.54, 1.807) is 13.0 Å². The van der Waals surface area contributed by atoms with Gasteiger partial charge in [-0.3, -0.25) is 4.79 Å². The Bertz CT molecular complexity index is 939. The molecular weight excluding hydrogens is 442 g/mol. The average molecular weight is 480 g/mol. The minimum atomic E-state index is -3.55. The Hall–Kier alpha value is -2.13. The minimum Gasteiger partial charge on any atom is -0.450 e. The van der Waals surface area contributed by atoms with Crippen LogP contribution in [-0.4, -0.2) is 57.0 Å². The van der Waals surface area contributed by atoms with E-state index in [1.807, 2.05) is 12.1 Å². The fraction of sp³-hybridized carbons (Fsp3) is 0.667. The van der Waals surface area contributed by atoms with Crippen molar-refractivity contribution in [3.05, 3.63) is 29.3 Å². The second kappa shape index (κ2) is 11.3. The molecule has 9 heteroatoms. The van der Waals surface area contributed by atoms with E-state index in [0.717, 1.165) is 31.2 Å². The van der Waals surface area contributed by atoms with Gasteiger partial charge in [-0.2, -0.15) is 4.31 Å². The van der Waals surface area contributed by atoms with Gasteiger partial charge in [-0.25, -0.2) is 13.2 Å². The number of carbonyl (C=O) groups excluding carboxylic acids is 2. The molecule has 0 aromatic heterocycles. The minimum absolute atomic E-state index is 0.0935. The highest BCUT2D eigenvalue weighted by Crippen LogP contribution is 2.28. The Morgan fingerprint density at radius 1 is 1.15 bits per heavy atom. The van der Waals surface area contributed by atoms with Gasteiger partial charge < -0.3 is 15.4 Å². The Balaban J connectivity index is 1.52. The summed E-state index contributed by atoms with van der Waals surface area (Å²) < 4.78 is 32.7. The van der Waals surface area contributed by atoms with E-state index in [9.17, 15) is 18.0 Å². The van der Waals surface area contributed by atoms with E-state index in [2.05, 4.69) is 24.5 Å². The maximum absolute atomic E-state index is 13.1. The molecule has 1 aliphatic heterocycles. The standard InChI is InChI=1S/C24H37N3O5S/c1-4-32-24(29)26-21(14-17(2)3)16-25-23(28)19-10-12-27(13-11-19)33(30,31)22-9-8-18-6-5-7-20(18)15-22/h8-9,15,17,19,21H,4-7,10-14,16H2,1-3H3,(H,25,28)(H,26,29). The Labute approximate surface area is 197 Å². The number of nitrogens with one attached hydrogen (secondary N) is 2. The lowest BCUT2D eigenvalue weighted by molar-refractivity contribution is -0.126. The van der Waals surface area contributed by atoms with Crippen LogP contribution in [-0.2, 0) is 32.4 Å². The lowest BCUT2D eigenvalue weighted by Crippen LogP contribution is -2.47. The molecule has 0 bridgehead atoms. The maximum Gasteiger partial charge on any atom is 0.407 e. The van der Waals surface area contributed by atoms with E-state index in [0.29, 0.717) is 49.9 Å². The van der Waals surface area contributed by atoms with Crippen LogP contribution in [0.4, 0.5) is 4.79 Å². The van der Waals surface area contributed by atoms with Gasteiger partial charge in [0, 0.05) is 31.6 Å². The van der Waals surface area contributed by atoms with Crippen LogP contribution in [0.15, 0.2) is 23.1 Å². The first-order valence-electron chi connectivity index (χ1n) is 12.0. The molecule has 1 atom stereocenters. The van der Waals surface area contributed by atoms with Crippen molar-refractivity contribution < 1.29 is 22.7 Å². The number of sulfonamides is 1. The first kappa shape index (κ1) is 25.5. The number of ether oxygens (including phenoxy) is 1. The van der Waals surface area contributed by atoms with Gasteiger partial charge in [0.15, 0.2) is 0 Å². The predicted octanol–water partition coefficient (Wildman–Crippen LogP) is 2.85. The van der Waals surface area contributed by atoms with Crippen molar-refractivity contribution in [1.82, 2.24) is 14.9 Å². The highest BCUT2D eigenvalue weighted by atomic mass is 32.2. The van der Waals surface area contributed by atoms with Crippen molar-refractivity contribution in [1.29, 1.82) is 0 Å². The van der Waals surface area contributed by atoms with Gasteiger partial charge >= 0.3 is 6.09 Å². The summed E-state index contributed by atoms with van der Waals surface area (Å²) in [5.74, 6) is 0.0178. The molecule has 1 aromatic rings. The SMILES string of the molecule is CCOC(=O)NC(CNC(=O)C1CCN(S(=O)(=O)c2ccc3c(c2)CCC3)CC1)CC(C)C. The zero-order chi connectivity index (χ0) is 24.0. The van der Waals surface area contributed by atoms with Crippen LogP contribution in [0.5, 0.6) is 0 Å². The quantitative estimate of drug-likeness (QED) is 0.567. The fourth-order valence-electron chi connectivity index (χ4n) is 4.69. The van der Waals surface area contributed by atoms with Crippen LogP contribution in [0.1, 0.15) is 57.6 Å². The summed E-state index contributed by atoms with van der Waals surface area (Å²) in [5.41, 5.74) is 2.38. The van der Waals surface area contributed by atoms with Crippen LogP contribution in [0.25, 0.3) is 0 Å². The summed E-state index contributed by atoms with van der Waals surface area (Å²) >= 11 is 0. The number of hydrogen-bond acceptors (Lipinski definition) is 5. The summed E-state index contributed by atoms with van der Waals surface area (Å²) in [7, 11) is -3.55. The van der Waals surface area contributed by atoms with Crippen molar-refractivity contribution in [2.24, 2.45) is 11.8 Å². The zero-order valence-corrected chi connectivity index (χ0v) is 20.7. The number of fused-ring (bicyclic) bond motifs is 1.